The number of alkyl halides is 2. The molecule has 0 saturated heterocycles. The first-order valence-electron chi connectivity index (χ1n) is 8.34. The molecule has 1 heterocycles. The van der Waals surface area contributed by atoms with Crippen molar-refractivity contribution in [1.82, 2.24) is 15.6 Å². The quantitative estimate of drug-likeness (QED) is 0.402. The lowest BCUT2D eigenvalue weighted by molar-refractivity contribution is -0.0506. The van der Waals surface area contributed by atoms with Gasteiger partial charge >= 0.3 is 6.61 Å². The molecule has 1 aromatic heterocycles. The Morgan fingerprint density at radius 2 is 2.07 bits per heavy atom. The lowest BCUT2D eigenvalue weighted by atomic mass is 10.2. The van der Waals surface area contributed by atoms with Crippen molar-refractivity contribution in [1.29, 1.82) is 0 Å². The number of rotatable bonds is 8. The molecule has 0 unspecified atom stereocenters. The molecule has 0 aliphatic carbocycles. The van der Waals surface area contributed by atoms with Crippen LogP contribution in [0.3, 0.4) is 0 Å². The second-order valence-corrected chi connectivity index (χ2v) is 5.84. The van der Waals surface area contributed by atoms with E-state index in [2.05, 4.69) is 25.3 Å². The molecule has 27 heavy (non-hydrogen) atoms. The van der Waals surface area contributed by atoms with Gasteiger partial charge in [-0.1, -0.05) is 23.7 Å². The van der Waals surface area contributed by atoms with Crippen LogP contribution in [0.5, 0.6) is 5.75 Å². The molecular formula is C18H20ClF3N4O. The number of hydrogen-bond donors (Lipinski definition) is 2. The molecule has 2 rings (SSSR count). The number of nitrogens with one attached hydrogen (secondary N) is 2. The second-order valence-electron chi connectivity index (χ2n) is 5.46. The van der Waals surface area contributed by atoms with Gasteiger partial charge < -0.3 is 15.4 Å². The summed E-state index contributed by atoms with van der Waals surface area (Å²) < 4.78 is 43.3. The van der Waals surface area contributed by atoms with Crippen molar-refractivity contribution < 1.29 is 17.9 Å². The maximum absolute atomic E-state index is 14.0. The van der Waals surface area contributed by atoms with E-state index < -0.39 is 12.4 Å². The number of ether oxygens (including phenoxy) is 1. The highest BCUT2D eigenvalue weighted by molar-refractivity contribution is 6.29. The van der Waals surface area contributed by atoms with Crippen LogP contribution >= 0.6 is 11.6 Å². The van der Waals surface area contributed by atoms with Crippen molar-refractivity contribution in [2.45, 2.75) is 26.5 Å². The summed E-state index contributed by atoms with van der Waals surface area (Å²) in [6.45, 7) is -0.158. The fourth-order valence-corrected chi connectivity index (χ4v) is 2.39. The summed E-state index contributed by atoms with van der Waals surface area (Å²) >= 11 is 5.75. The molecule has 1 aromatic carbocycles. The number of halogens is 4. The van der Waals surface area contributed by atoms with Crippen LogP contribution in [0.4, 0.5) is 13.2 Å². The minimum atomic E-state index is -3.03. The van der Waals surface area contributed by atoms with Crippen LogP contribution in [-0.2, 0) is 13.0 Å². The summed E-state index contributed by atoms with van der Waals surface area (Å²) in [6.07, 6.45) is 2.36. The lowest BCUT2D eigenvalue weighted by Crippen LogP contribution is -2.38. The molecule has 0 atom stereocenters. The molecule has 2 N–H and O–H groups in total. The number of aromatic nitrogens is 1. The van der Waals surface area contributed by atoms with E-state index in [0.29, 0.717) is 30.6 Å². The normalized spacial score (nSPS) is 11.6. The molecule has 0 saturated carbocycles. The van der Waals surface area contributed by atoms with Crippen molar-refractivity contribution in [3.8, 4) is 5.75 Å². The summed E-state index contributed by atoms with van der Waals surface area (Å²) in [5.41, 5.74) is 0.960. The van der Waals surface area contributed by atoms with Crippen molar-refractivity contribution in [2.24, 2.45) is 4.99 Å². The zero-order valence-electron chi connectivity index (χ0n) is 14.7. The van der Waals surface area contributed by atoms with Crippen molar-refractivity contribution in [3.63, 3.8) is 0 Å². The topological polar surface area (TPSA) is 58.5 Å². The summed E-state index contributed by atoms with van der Waals surface area (Å²) in [7, 11) is 0. The molecule has 0 fully saturated rings. The van der Waals surface area contributed by atoms with Crippen LogP contribution in [0.1, 0.15) is 18.1 Å². The van der Waals surface area contributed by atoms with Gasteiger partial charge in [-0.05, 0) is 37.1 Å². The van der Waals surface area contributed by atoms with Crippen molar-refractivity contribution in [2.75, 3.05) is 13.1 Å². The zero-order chi connectivity index (χ0) is 19.6. The average Bonchev–Trinajstić information content (AvgIpc) is 2.62. The van der Waals surface area contributed by atoms with Gasteiger partial charge in [0.1, 0.15) is 16.7 Å². The SMILES string of the molecule is CCNC(=NCc1c(F)cccc1OC(F)F)NCCc1ccc(Cl)nc1. The standard InChI is InChI=1S/C18H20ClF3N4O/c1-2-23-18(24-9-8-12-6-7-16(19)25-10-12)26-11-13-14(20)4-3-5-15(13)27-17(21)22/h3-7,10,17H,2,8-9,11H2,1H3,(H2,23,24,26). The molecule has 146 valence electrons. The molecule has 0 radical (unpaired) electrons. The van der Waals surface area contributed by atoms with Crippen molar-refractivity contribution in [3.05, 3.63) is 58.6 Å². The van der Waals surface area contributed by atoms with Gasteiger partial charge in [-0.2, -0.15) is 8.78 Å². The van der Waals surface area contributed by atoms with Gasteiger partial charge in [0.05, 0.1) is 12.1 Å². The van der Waals surface area contributed by atoms with E-state index in [9.17, 15) is 13.2 Å². The van der Waals surface area contributed by atoms with Gasteiger partial charge in [0.15, 0.2) is 5.96 Å². The lowest BCUT2D eigenvalue weighted by Gasteiger charge is -2.13. The molecule has 9 heteroatoms. The van der Waals surface area contributed by atoms with Gasteiger partial charge in [-0.25, -0.2) is 14.4 Å². The first-order valence-corrected chi connectivity index (χ1v) is 8.72. The Balaban J connectivity index is 2.01. The van der Waals surface area contributed by atoms with E-state index in [1.165, 1.54) is 18.2 Å². The highest BCUT2D eigenvalue weighted by Crippen LogP contribution is 2.24. The van der Waals surface area contributed by atoms with Crippen LogP contribution in [0, 0.1) is 5.82 Å². The number of guanidine groups is 1. The predicted octanol–water partition coefficient (Wildman–Crippen LogP) is 3.77. The molecule has 0 aliphatic rings. The number of hydrogen-bond acceptors (Lipinski definition) is 3. The predicted molar refractivity (Wildman–Crippen MR) is 98.8 cm³/mol. The van der Waals surface area contributed by atoms with Gasteiger partial charge in [0.2, 0.25) is 0 Å². The Morgan fingerprint density at radius 3 is 2.74 bits per heavy atom. The summed E-state index contributed by atoms with van der Waals surface area (Å²) in [4.78, 5) is 8.26. The largest absolute Gasteiger partial charge is 0.434 e. The minimum Gasteiger partial charge on any atom is -0.434 e. The highest BCUT2D eigenvalue weighted by atomic mass is 35.5. The number of aliphatic imine (C=N–C) groups is 1. The first kappa shape index (κ1) is 20.8. The Bertz CT molecular complexity index is 757. The van der Waals surface area contributed by atoms with Gasteiger partial charge in [-0.15, -0.1) is 0 Å². The zero-order valence-corrected chi connectivity index (χ0v) is 15.4. The summed E-state index contributed by atoms with van der Waals surface area (Å²) in [5, 5.41) is 6.54. The van der Waals surface area contributed by atoms with Gasteiger partial charge in [0, 0.05) is 19.3 Å². The molecule has 0 spiro atoms. The third kappa shape index (κ3) is 6.97. The van der Waals surface area contributed by atoms with Gasteiger partial charge in [-0.3, -0.25) is 0 Å². The third-order valence-electron chi connectivity index (χ3n) is 3.53. The minimum absolute atomic E-state index is 0.0306. The number of benzene rings is 1. The van der Waals surface area contributed by atoms with Crippen LogP contribution in [-0.4, -0.2) is 30.6 Å². The van der Waals surface area contributed by atoms with Crippen LogP contribution in [0.15, 0.2) is 41.5 Å². The monoisotopic (exact) mass is 400 g/mol. The van der Waals surface area contributed by atoms with Gasteiger partial charge in [0.25, 0.3) is 0 Å². The van der Waals surface area contributed by atoms with E-state index in [4.69, 9.17) is 11.6 Å². The third-order valence-corrected chi connectivity index (χ3v) is 3.75. The molecule has 0 bridgehead atoms. The van der Waals surface area contributed by atoms with E-state index in [0.717, 1.165) is 5.56 Å². The van der Waals surface area contributed by atoms with Crippen LogP contribution < -0.4 is 15.4 Å². The molecule has 5 nitrogen and oxygen atoms in total. The molecule has 0 aliphatic heterocycles. The Morgan fingerprint density at radius 1 is 1.26 bits per heavy atom. The van der Waals surface area contributed by atoms with E-state index in [-0.39, 0.29) is 17.9 Å². The first-order chi connectivity index (χ1) is 13.0. The van der Waals surface area contributed by atoms with E-state index in [1.807, 2.05) is 13.0 Å². The van der Waals surface area contributed by atoms with Crippen LogP contribution in [0.2, 0.25) is 5.15 Å². The smallest absolute Gasteiger partial charge is 0.387 e. The maximum atomic E-state index is 14.0. The molecule has 2 aromatic rings. The van der Waals surface area contributed by atoms with Crippen molar-refractivity contribution >= 4 is 17.6 Å². The maximum Gasteiger partial charge on any atom is 0.387 e. The Hall–Kier alpha value is -2.48. The number of nitrogens with zero attached hydrogens (tertiary/aromatic N) is 2. The fraction of sp³-hybridized carbons (Fsp3) is 0.333. The second kappa shape index (κ2) is 10.6. The number of pyridine rings is 1. The average molecular weight is 401 g/mol. The molecular weight excluding hydrogens is 381 g/mol. The van der Waals surface area contributed by atoms with Crippen LogP contribution in [0.25, 0.3) is 0 Å². The highest BCUT2D eigenvalue weighted by Gasteiger charge is 2.13. The Labute approximate surface area is 160 Å². The molecule has 0 amide bonds. The van der Waals surface area contributed by atoms with E-state index in [1.54, 1.807) is 12.3 Å². The Kier molecular flexibility index (Phi) is 8.19. The summed E-state index contributed by atoms with van der Waals surface area (Å²) in [6, 6.07) is 7.35. The fourth-order valence-electron chi connectivity index (χ4n) is 2.28. The summed E-state index contributed by atoms with van der Waals surface area (Å²) in [5.74, 6) is -0.442. The van der Waals surface area contributed by atoms with E-state index >= 15 is 0 Å².